The fourth-order valence-electron chi connectivity index (χ4n) is 3.17. The average Bonchev–Trinajstić information content (AvgIpc) is 3.04. The number of nitrogens with one attached hydrogen (secondary N) is 1. The molecule has 2 heterocycles. The highest BCUT2D eigenvalue weighted by molar-refractivity contribution is 7.19. The van der Waals surface area contributed by atoms with Crippen molar-refractivity contribution in [3.63, 3.8) is 0 Å². The highest BCUT2D eigenvalue weighted by atomic mass is 35.5. The Morgan fingerprint density at radius 2 is 1.77 bits per heavy atom. The zero-order chi connectivity index (χ0) is 21.5. The van der Waals surface area contributed by atoms with E-state index in [1.807, 2.05) is 37.3 Å². The van der Waals surface area contributed by atoms with Gasteiger partial charge in [-0.25, -0.2) is 4.98 Å². The number of H-pyrrole nitrogens is 1. The third kappa shape index (κ3) is 3.91. The summed E-state index contributed by atoms with van der Waals surface area (Å²) in [5.74, 6) is 0.162. The molecular formula is C22H14ClF3N2OS. The fraction of sp³-hybridized carbons (Fsp3) is 0.0909. The van der Waals surface area contributed by atoms with E-state index in [9.17, 15) is 18.0 Å². The van der Waals surface area contributed by atoms with Gasteiger partial charge in [-0.3, -0.25) is 4.79 Å². The first-order chi connectivity index (χ1) is 14.2. The van der Waals surface area contributed by atoms with Gasteiger partial charge in [0.2, 0.25) is 0 Å². The number of alkyl halides is 3. The van der Waals surface area contributed by atoms with E-state index in [-0.39, 0.29) is 16.4 Å². The number of aryl methyl sites for hydroxylation is 1. The van der Waals surface area contributed by atoms with Crippen LogP contribution in [0.2, 0.25) is 0 Å². The zero-order valence-electron chi connectivity index (χ0n) is 15.5. The molecule has 0 aliphatic rings. The van der Waals surface area contributed by atoms with Gasteiger partial charge in [-0.15, -0.1) is 11.3 Å². The summed E-state index contributed by atoms with van der Waals surface area (Å²) in [5, 5.41) is 0.618. The van der Waals surface area contributed by atoms with Crippen LogP contribution >= 0.6 is 22.9 Å². The Kier molecular flexibility index (Phi) is 5.26. The fourth-order valence-corrected chi connectivity index (χ4v) is 4.43. The molecule has 0 fully saturated rings. The summed E-state index contributed by atoms with van der Waals surface area (Å²) in [6.45, 7) is 1.92. The number of aromatic amines is 1. The van der Waals surface area contributed by atoms with Crippen LogP contribution in [0.5, 0.6) is 0 Å². The van der Waals surface area contributed by atoms with Crippen LogP contribution in [0.1, 0.15) is 21.8 Å². The molecule has 2 aromatic heterocycles. The van der Waals surface area contributed by atoms with Crippen LogP contribution in [0.3, 0.4) is 0 Å². The summed E-state index contributed by atoms with van der Waals surface area (Å²) in [5.41, 5.74) is 1.15. The quantitative estimate of drug-likeness (QED) is 0.380. The average molecular weight is 447 g/mol. The third-order valence-electron chi connectivity index (χ3n) is 4.56. The Bertz CT molecular complexity index is 1310. The maximum absolute atomic E-state index is 12.8. The minimum Gasteiger partial charge on any atom is -0.305 e. The number of aromatic nitrogens is 2. The minimum atomic E-state index is -4.41. The summed E-state index contributed by atoms with van der Waals surface area (Å²) in [6, 6.07) is 14.1. The van der Waals surface area contributed by atoms with Crippen molar-refractivity contribution in [1.29, 1.82) is 0 Å². The number of thiophene rings is 1. The van der Waals surface area contributed by atoms with Gasteiger partial charge in [0.15, 0.2) is 5.82 Å². The maximum Gasteiger partial charge on any atom is 0.416 e. The van der Waals surface area contributed by atoms with Crippen LogP contribution in [0.15, 0.2) is 59.4 Å². The molecule has 0 unspecified atom stereocenters. The standard InChI is InChI=1S/C22H14ClF3N2OS/c1-12-17(14-5-3-2-4-6-14)18-20(29)27-19(28-21(18)30-12)16(23)11-13-7-9-15(10-8-13)22(24,25)26/h2-11H,1H3,(H,27,28,29). The maximum atomic E-state index is 12.8. The molecule has 2 aromatic carbocycles. The highest BCUT2D eigenvalue weighted by Gasteiger charge is 2.29. The molecule has 3 nitrogen and oxygen atoms in total. The van der Waals surface area contributed by atoms with Gasteiger partial charge in [-0.2, -0.15) is 13.2 Å². The number of hydrogen-bond acceptors (Lipinski definition) is 3. The lowest BCUT2D eigenvalue weighted by Gasteiger charge is -2.06. The number of benzene rings is 2. The van der Waals surface area contributed by atoms with Crippen molar-refractivity contribution in [2.45, 2.75) is 13.1 Å². The molecule has 30 heavy (non-hydrogen) atoms. The minimum absolute atomic E-state index is 0.126. The van der Waals surface area contributed by atoms with Crippen molar-refractivity contribution in [3.05, 3.63) is 86.8 Å². The molecule has 0 aliphatic carbocycles. The van der Waals surface area contributed by atoms with E-state index in [1.54, 1.807) is 0 Å². The third-order valence-corrected chi connectivity index (χ3v) is 5.85. The number of hydrogen-bond donors (Lipinski definition) is 1. The molecule has 4 aromatic rings. The lowest BCUT2D eigenvalue weighted by atomic mass is 10.0. The molecule has 0 aliphatic heterocycles. The Labute approximate surface area is 178 Å². The second-order valence-electron chi connectivity index (χ2n) is 6.61. The van der Waals surface area contributed by atoms with Gasteiger partial charge in [0, 0.05) is 10.4 Å². The first-order valence-electron chi connectivity index (χ1n) is 8.87. The molecule has 0 radical (unpaired) electrons. The van der Waals surface area contributed by atoms with Crippen molar-refractivity contribution >= 4 is 44.3 Å². The van der Waals surface area contributed by atoms with E-state index < -0.39 is 11.7 Å². The van der Waals surface area contributed by atoms with Crippen LogP contribution < -0.4 is 5.56 Å². The van der Waals surface area contributed by atoms with E-state index >= 15 is 0 Å². The topological polar surface area (TPSA) is 45.8 Å². The van der Waals surface area contributed by atoms with Gasteiger partial charge in [0.25, 0.3) is 5.56 Å². The normalized spacial score (nSPS) is 12.5. The second-order valence-corrected chi connectivity index (χ2v) is 8.22. The molecule has 0 spiro atoms. The molecule has 0 bridgehead atoms. The Morgan fingerprint density at radius 1 is 1.10 bits per heavy atom. The van der Waals surface area contributed by atoms with E-state index in [0.29, 0.717) is 15.8 Å². The lowest BCUT2D eigenvalue weighted by molar-refractivity contribution is -0.137. The van der Waals surface area contributed by atoms with Gasteiger partial charge in [0.1, 0.15) is 4.83 Å². The van der Waals surface area contributed by atoms with E-state index in [0.717, 1.165) is 28.1 Å². The molecule has 4 rings (SSSR count). The van der Waals surface area contributed by atoms with E-state index in [2.05, 4.69) is 9.97 Å². The zero-order valence-corrected chi connectivity index (χ0v) is 17.1. The molecule has 152 valence electrons. The van der Waals surface area contributed by atoms with Gasteiger partial charge >= 0.3 is 6.18 Å². The number of fused-ring (bicyclic) bond motifs is 1. The highest BCUT2D eigenvalue weighted by Crippen LogP contribution is 2.36. The van der Waals surface area contributed by atoms with Crippen molar-refractivity contribution in [3.8, 4) is 11.1 Å². The monoisotopic (exact) mass is 446 g/mol. The lowest BCUT2D eigenvalue weighted by Crippen LogP contribution is -2.10. The Morgan fingerprint density at radius 3 is 2.40 bits per heavy atom. The molecule has 0 saturated heterocycles. The van der Waals surface area contributed by atoms with Gasteiger partial charge in [-0.1, -0.05) is 54.1 Å². The molecule has 8 heteroatoms. The van der Waals surface area contributed by atoms with Gasteiger partial charge < -0.3 is 4.98 Å². The molecular weight excluding hydrogens is 433 g/mol. The van der Waals surface area contributed by atoms with E-state index in [1.165, 1.54) is 29.5 Å². The molecule has 0 atom stereocenters. The van der Waals surface area contributed by atoms with E-state index in [4.69, 9.17) is 11.6 Å². The summed E-state index contributed by atoms with van der Waals surface area (Å²) >= 11 is 7.71. The Balaban J connectivity index is 1.75. The van der Waals surface area contributed by atoms with Crippen LogP contribution in [-0.4, -0.2) is 9.97 Å². The Hall–Kier alpha value is -2.90. The number of rotatable bonds is 3. The van der Waals surface area contributed by atoms with Crippen LogP contribution in [0.4, 0.5) is 13.2 Å². The summed E-state index contributed by atoms with van der Waals surface area (Å²) in [4.78, 5) is 21.5. The molecule has 0 amide bonds. The molecule has 0 saturated carbocycles. The van der Waals surface area contributed by atoms with Gasteiger partial charge in [-0.05, 0) is 36.3 Å². The summed E-state index contributed by atoms with van der Waals surface area (Å²) in [6.07, 6.45) is -2.94. The SMILES string of the molecule is Cc1sc2nc(C(Cl)=Cc3ccc(C(F)(F)F)cc3)[nH]c(=O)c2c1-c1ccccc1. The van der Waals surface area contributed by atoms with Crippen molar-refractivity contribution < 1.29 is 13.2 Å². The predicted molar refractivity (Wildman–Crippen MR) is 116 cm³/mol. The van der Waals surface area contributed by atoms with Gasteiger partial charge in [0.05, 0.1) is 16.0 Å². The van der Waals surface area contributed by atoms with Crippen LogP contribution in [0.25, 0.3) is 32.5 Å². The number of nitrogens with zero attached hydrogens (tertiary/aromatic N) is 1. The smallest absolute Gasteiger partial charge is 0.305 e. The second kappa shape index (κ2) is 7.74. The first-order valence-corrected chi connectivity index (χ1v) is 10.1. The summed E-state index contributed by atoms with van der Waals surface area (Å²) in [7, 11) is 0. The molecule has 1 N–H and O–H groups in total. The largest absolute Gasteiger partial charge is 0.416 e. The van der Waals surface area contributed by atoms with Crippen LogP contribution in [-0.2, 0) is 6.18 Å². The first kappa shape index (κ1) is 20.4. The van der Waals surface area contributed by atoms with Crippen molar-refractivity contribution in [2.24, 2.45) is 0 Å². The van der Waals surface area contributed by atoms with Crippen LogP contribution in [0, 0.1) is 6.92 Å². The van der Waals surface area contributed by atoms with Crippen molar-refractivity contribution in [1.82, 2.24) is 9.97 Å². The predicted octanol–water partition coefficient (Wildman–Crippen LogP) is 6.72. The van der Waals surface area contributed by atoms with Crippen molar-refractivity contribution in [2.75, 3.05) is 0 Å². The number of halogens is 4. The summed E-state index contributed by atoms with van der Waals surface area (Å²) < 4.78 is 38.1.